The van der Waals surface area contributed by atoms with Gasteiger partial charge in [-0.3, -0.25) is 9.80 Å². The van der Waals surface area contributed by atoms with Crippen LogP contribution in [0.2, 0.25) is 0 Å². The lowest BCUT2D eigenvalue weighted by Gasteiger charge is -2.56. The molecule has 1 aromatic rings. The van der Waals surface area contributed by atoms with E-state index in [0.29, 0.717) is 12.1 Å². The number of rotatable bonds is 21. The van der Waals surface area contributed by atoms with Crippen LogP contribution in [0.25, 0.3) is 0 Å². The Morgan fingerprint density at radius 3 is 1.16 bits per heavy atom. The summed E-state index contributed by atoms with van der Waals surface area (Å²) in [6, 6.07) is 0.801. The topological polar surface area (TPSA) is 82.2 Å². The Balaban J connectivity index is 0.000000780. The summed E-state index contributed by atoms with van der Waals surface area (Å²) < 4.78 is 0. The first kappa shape index (κ1) is 52.4. The van der Waals surface area contributed by atoms with Crippen LogP contribution in [0.1, 0.15) is 147 Å². The summed E-state index contributed by atoms with van der Waals surface area (Å²) in [6.07, 6.45) is 11.5. The van der Waals surface area contributed by atoms with Gasteiger partial charge in [0.05, 0.1) is 0 Å². The van der Waals surface area contributed by atoms with Crippen LogP contribution >= 0.6 is 0 Å². The van der Waals surface area contributed by atoms with Crippen LogP contribution in [0.4, 0.5) is 11.9 Å². The molecule has 11 heteroatoms. The summed E-state index contributed by atoms with van der Waals surface area (Å²) in [5, 5.41) is 6.36. The normalized spacial score (nSPS) is 19.8. The summed E-state index contributed by atoms with van der Waals surface area (Å²) in [5.74, 6) is 2.58. The molecule has 0 aliphatic carbocycles. The molecule has 11 nitrogen and oxygen atoms in total. The molecule has 2 fully saturated rings. The molecule has 1 aromatic heterocycles. The third kappa shape index (κ3) is 15.9. The SMILES string of the molecule is C.CCCCN(c1nc(C)nc(N(CCCC)C2CC(C)(C)N(C)C(C)(C)C2)n1)C1CC(C)(C)N(C)C(C)(C)C1.CNCCCN(C)CCN(C)CCCNC. The fraction of sp³-hybridized carbons (Fsp3) is 0.933. The average Bonchev–Trinajstić information content (AvgIpc) is 3.09. The molecule has 2 aliphatic heterocycles. The van der Waals surface area contributed by atoms with Crippen molar-refractivity contribution in [2.24, 2.45) is 0 Å². The van der Waals surface area contributed by atoms with Gasteiger partial charge in [-0.05, 0) is 182 Å². The van der Waals surface area contributed by atoms with E-state index in [1.807, 2.05) is 14.1 Å². The van der Waals surface area contributed by atoms with Crippen molar-refractivity contribution in [2.75, 3.05) is 104 Å². The van der Waals surface area contributed by atoms with Crippen LogP contribution < -0.4 is 20.4 Å². The zero-order chi connectivity index (χ0) is 41.6. The number of likely N-dealkylation sites (tertiary alicyclic amines) is 2. The Labute approximate surface area is 348 Å². The molecule has 0 atom stereocenters. The fourth-order valence-electron chi connectivity index (χ4n) is 8.95. The van der Waals surface area contributed by atoms with E-state index >= 15 is 0 Å². The molecule has 2 saturated heterocycles. The van der Waals surface area contributed by atoms with Crippen LogP contribution in [-0.4, -0.2) is 163 Å². The maximum Gasteiger partial charge on any atom is 0.230 e. The quantitative estimate of drug-likeness (QED) is 0.122. The first-order chi connectivity index (χ1) is 25.6. The van der Waals surface area contributed by atoms with Gasteiger partial charge in [-0.2, -0.15) is 15.0 Å². The molecule has 0 amide bonds. The van der Waals surface area contributed by atoms with Crippen molar-refractivity contribution < 1.29 is 0 Å². The van der Waals surface area contributed by atoms with Gasteiger partial charge in [-0.25, -0.2) is 0 Å². The number of piperidine rings is 2. The third-order valence-electron chi connectivity index (χ3n) is 13.0. The molecule has 0 saturated carbocycles. The van der Waals surface area contributed by atoms with Crippen molar-refractivity contribution in [1.82, 2.24) is 45.2 Å². The van der Waals surface area contributed by atoms with Gasteiger partial charge in [0.15, 0.2) is 0 Å². The second-order valence-electron chi connectivity index (χ2n) is 19.6. The first-order valence-electron chi connectivity index (χ1n) is 22.1. The summed E-state index contributed by atoms with van der Waals surface area (Å²) in [5.41, 5.74) is 0.445. The lowest BCUT2D eigenvalue weighted by molar-refractivity contribution is -0.0130. The van der Waals surface area contributed by atoms with Crippen molar-refractivity contribution in [1.29, 1.82) is 0 Å². The van der Waals surface area contributed by atoms with E-state index in [-0.39, 0.29) is 29.6 Å². The average molecular weight is 790 g/mol. The minimum Gasteiger partial charge on any atom is -0.338 e. The Morgan fingerprint density at radius 2 is 0.875 bits per heavy atom. The van der Waals surface area contributed by atoms with E-state index in [1.165, 1.54) is 39.0 Å². The number of hydrogen-bond donors (Lipinski definition) is 2. The number of nitrogens with one attached hydrogen (secondary N) is 2. The van der Waals surface area contributed by atoms with Crippen LogP contribution in [0, 0.1) is 6.92 Å². The maximum atomic E-state index is 5.32. The molecule has 3 rings (SSSR count). The van der Waals surface area contributed by atoms with E-state index in [4.69, 9.17) is 15.0 Å². The van der Waals surface area contributed by atoms with E-state index in [1.54, 1.807) is 0 Å². The molecule has 0 aromatic carbocycles. The highest BCUT2D eigenvalue weighted by Gasteiger charge is 2.47. The van der Waals surface area contributed by atoms with Gasteiger partial charge in [0, 0.05) is 60.4 Å². The van der Waals surface area contributed by atoms with Gasteiger partial charge in [0.1, 0.15) is 5.82 Å². The second-order valence-corrected chi connectivity index (χ2v) is 19.6. The maximum absolute atomic E-state index is 5.32. The van der Waals surface area contributed by atoms with Crippen LogP contribution in [0.15, 0.2) is 0 Å². The summed E-state index contributed by atoms with van der Waals surface area (Å²) in [6.45, 7) is 34.6. The van der Waals surface area contributed by atoms with Crippen molar-refractivity contribution in [3.05, 3.63) is 5.82 Å². The Kier molecular flexibility index (Phi) is 22.3. The predicted molar refractivity (Wildman–Crippen MR) is 246 cm³/mol. The highest BCUT2D eigenvalue weighted by Crippen LogP contribution is 2.42. The molecule has 0 bridgehead atoms. The predicted octanol–water partition coefficient (Wildman–Crippen LogP) is 7.40. The highest BCUT2D eigenvalue weighted by atomic mass is 15.4. The number of aromatic nitrogens is 3. The fourth-order valence-corrected chi connectivity index (χ4v) is 8.95. The van der Waals surface area contributed by atoms with Crippen molar-refractivity contribution >= 4 is 11.9 Å². The van der Waals surface area contributed by atoms with Crippen LogP contribution in [0.3, 0.4) is 0 Å². The number of hydrogen-bond acceptors (Lipinski definition) is 11. The summed E-state index contributed by atoms with van der Waals surface area (Å²) in [7, 11) is 13.0. The number of aryl methyl sites for hydroxylation is 1. The van der Waals surface area contributed by atoms with Gasteiger partial charge in [-0.15, -0.1) is 0 Å². The number of likely N-dealkylation sites (N-methyl/N-ethyl adjacent to an activating group) is 2. The number of anilines is 2. The van der Waals surface area contributed by atoms with E-state index in [0.717, 1.165) is 95.3 Å². The minimum atomic E-state index is 0. The number of nitrogens with zero attached hydrogens (tertiary/aromatic N) is 9. The molecule has 3 heterocycles. The van der Waals surface area contributed by atoms with Crippen LogP contribution in [0.5, 0.6) is 0 Å². The smallest absolute Gasteiger partial charge is 0.230 e. The van der Waals surface area contributed by atoms with Crippen LogP contribution in [-0.2, 0) is 0 Å². The molecule has 2 aliphatic rings. The lowest BCUT2D eigenvalue weighted by atomic mass is 9.77. The largest absolute Gasteiger partial charge is 0.338 e. The third-order valence-corrected chi connectivity index (χ3v) is 13.0. The number of unbranched alkanes of at least 4 members (excludes halogenated alkanes) is 2. The molecular formula is C45H95N11. The Hall–Kier alpha value is -1.63. The van der Waals surface area contributed by atoms with Gasteiger partial charge < -0.3 is 30.2 Å². The van der Waals surface area contributed by atoms with Crippen molar-refractivity contribution in [3.8, 4) is 0 Å². The minimum absolute atomic E-state index is 0. The molecular weight excluding hydrogens is 695 g/mol. The molecule has 330 valence electrons. The first-order valence-corrected chi connectivity index (χ1v) is 22.1. The van der Waals surface area contributed by atoms with Crippen molar-refractivity contribution in [3.63, 3.8) is 0 Å². The van der Waals surface area contributed by atoms with Gasteiger partial charge in [0.2, 0.25) is 11.9 Å². The summed E-state index contributed by atoms with van der Waals surface area (Å²) in [4.78, 5) is 30.4. The second kappa shape index (κ2) is 23.8. The van der Waals surface area contributed by atoms with Gasteiger partial charge in [-0.1, -0.05) is 34.1 Å². The molecule has 0 radical (unpaired) electrons. The molecule has 0 spiro atoms. The lowest BCUT2D eigenvalue weighted by Crippen LogP contribution is -2.63. The Morgan fingerprint density at radius 1 is 0.554 bits per heavy atom. The summed E-state index contributed by atoms with van der Waals surface area (Å²) >= 11 is 0. The molecule has 56 heavy (non-hydrogen) atoms. The van der Waals surface area contributed by atoms with Crippen molar-refractivity contribution in [2.45, 2.75) is 182 Å². The highest BCUT2D eigenvalue weighted by molar-refractivity contribution is 5.42. The zero-order valence-electron chi connectivity index (χ0n) is 39.4. The Bertz CT molecular complexity index is 1090. The van der Waals surface area contributed by atoms with Gasteiger partial charge in [0.25, 0.3) is 0 Å². The zero-order valence-corrected chi connectivity index (χ0v) is 39.4. The monoisotopic (exact) mass is 790 g/mol. The van der Waals surface area contributed by atoms with E-state index < -0.39 is 0 Å². The van der Waals surface area contributed by atoms with E-state index in [9.17, 15) is 0 Å². The van der Waals surface area contributed by atoms with E-state index in [2.05, 4.69) is 144 Å². The standard InChI is InChI=1S/C32H61N7.C12H30N4.CH4/c1-14-16-18-38(25-20-29(4,5)36(12)30(6,7)21-25)27-33-24(3)34-28(35-27)39(19-17-15-2)26-22-31(8,9)37(13)32(10,11)23-26;1-13-7-5-9-15(3)11-12-16(4)10-6-8-14-2;/h25-26H,14-23H2,1-13H3;13-14H,5-12H2,1-4H3;1H4. The molecule has 0 unspecified atom stereocenters. The van der Waals surface area contributed by atoms with Gasteiger partial charge >= 0.3 is 0 Å². The molecule has 2 N–H and O–H groups in total.